The number of aliphatic hydroxyl groups is 1. The van der Waals surface area contributed by atoms with E-state index in [0.29, 0.717) is 6.07 Å². The minimum Gasteiger partial charge on any atom is -0.508 e. The van der Waals surface area contributed by atoms with Gasteiger partial charge in [0.1, 0.15) is 17.1 Å². The lowest BCUT2D eigenvalue weighted by atomic mass is 10.0. The van der Waals surface area contributed by atoms with Crippen LogP contribution in [0.25, 0.3) is 0 Å². The van der Waals surface area contributed by atoms with Gasteiger partial charge in [0.2, 0.25) is 0 Å². The number of hydrogen-bond acceptors (Lipinski definition) is 5. The van der Waals surface area contributed by atoms with Gasteiger partial charge in [-0.1, -0.05) is 0 Å². The summed E-state index contributed by atoms with van der Waals surface area (Å²) in [5, 5.41) is 28.1. The lowest BCUT2D eigenvalue weighted by Crippen LogP contribution is -2.17. The summed E-state index contributed by atoms with van der Waals surface area (Å²) in [5.41, 5.74) is -2.32. The third kappa shape index (κ3) is 3.28. The number of carbonyl (C=O) groups is 1. The molecule has 5 nitrogen and oxygen atoms in total. The molecule has 0 saturated carbocycles. The molecule has 0 heterocycles. The molecule has 0 fully saturated rings. The maximum atomic E-state index is 12.6. The van der Waals surface area contributed by atoms with Gasteiger partial charge in [-0.05, 0) is 19.1 Å². The van der Waals surface area contributed by atoms with Crippen molar-refractivity contribution in [1.82, 2.24) is 0 Å². The number of aliphatic hydroxyl groups excluding tert-OH is 1. The first kappa shape index (κ1) is 15.1. The summed E-state index contributed by atoms with van der Waals surface area (Å²) in [6.07, 6.45) is -7.06. The molecule has 1 aromatic carbocycles. The molecule has 1 aromatic rings. The first-order chi connectivity index (χ1) is 8.68. The van der Waals surface area contributed by atoms with E-state index in [1.807, 2.05) is 0 Å². The van der Waals surface area contributed by atoms with Crippen LogP contribution in [0, 0.1) is 0 Å². The lowest BCUT2D eigenvalue weighted by molar-refractivity contribution is -0.153. The highest BCUT2D eigenvalue weighted by Gasteiger charge is 2.37. The van der Waals surface area contributed by atoms with Gasteiger partial charge in [0.05, 0.1) is 6.61 Å². The summed E-state index contributed by atoms with van der Waals surface area (Å²) in [6, 6.07) is 0.947. The predicted octanol–water partition coefficient (Wildman–Crippen LogP) is 1.71. The van der Waals surface area contributed by atoms with Crippen LogP contribution in [-0.2, 0) is 15.7 Å². The number of phenolic OH excluding ortho intramolecular Hbond substituents is 2. The topological polar surface area (TPSA) is 87.0 Å². The van der Waals surface area contributed by atoms with E-state index in [9.17, 15) is 28.2 Å². The van der Waals surface area contributed by atoms with Crippen molar-refractivity contribution in [2.24, 2.45) is 0 Å². The highest BCUT2D eigenvalue weighted by molar-refractivity contribution is 5.77. The number of carbonyl (C=O) groups excluding carboxylic acids is 1. The van der Waals surface area contributed by atoms with Gasteiger partial charge >= 0.3 is 12.1 Å². The van der Waals surface area contributed by atoms with Gasteiger partial charge in [-0.15, -0.1) is 0 Å². The Morgan fingerprint density at radius 1 is 1.37 bits per heavy atom. The second-order valence-electron chi connectivity index (χ2n) is 3.58. The van der Waals surface area contributed by atoms with Crippen molar-refractivity contribution < 1.29 is 38.0 Å². The third-order valence-corrected chi connectivity index (χ3v) is 2.23. The average Bonchev–Trinajstić information content (AvgIpc) is 2.29. The van der Waals surface area contributed by atoms with Crippen LogP contribution in [0.1, 0.15) is 24.2 Å². The first-order valence-electron chi connectivity index (χ1n) is 5.16. The van der Waals surface area contributed by atoms with E-state index >= 15 is 0 Å². The van der Waals surface area contributed by atoms with Crippen LogP contribution in [-0.4, -0.2) is 27.9 Å². The van der Waals surface area contributed by atoms with E-state index < -0.39 is 40.9 Å². The minimum absolute atomic E-state index is 0.0956. The second kappa shape index (κ2) is 5.35. The van der Waals surface area contributed by atoms with E-state index in [-0.39, 0.29) is 12.7 Å². The highest BCUT2D eigenvalue weighted by atomic mass is 19.4. The molecule has 1 atom stereocenters. The molecular formula is C11H11F3O5. The molecule has 0 aliphatic heterocycles. The SMILES string of the molecule is CCOC(=O)C(O)c1cc(O)cc(C(F)(F)F)c1O. The Labute approximate surface area is 105 Å². The molecule has 0 aliphatic carbocycles. The average molecular weight is 280 g/mol. The summed E-state index contributed by atoms with van der Waals surface area (Å²) in [7, 11) is 0. The van der Waals surface area contributed by atoms with Gasteiger partial charge in [0.15, 0.2) is 6.10 Å². The van der Waals surface area contributed by atoms with Crippen LogP contribution in [0.3, 0.4) is 0 Å². The van der Waals surface area contributed by atoms with Crippen molar-refractivity contribution in [3.63, 3.8) is 0 Å². The maximum Gasteiger partial charge on any atom is 0.420 e. The summed E-state index contributed by atoms with van der Waals surface area (Å²) in [6.45, 7) is 1.34. The Bertz CT molecular complexity index is 484. The molecule has 106 valence electrons. The number of halogens is 3. The Morgan fingerprint density at radius 2 is 1.95 bits per heavy atom. The Kier molecular flexibility index (Phi) is 4.25. The standard InChI is InChI=1S/C11H11F3O5/c1-2-19-10(18)9(17)6-3-5(15)4-7(8(6)16)11(12,13)14/h3-4,9,15-17H,2H2,1H3. The predicted molar refractivity (Wildman–Crippen MR) is 56.4 cm³/mol. The maximum absolute atomic E-state index is 12.6. The molecule has 1 rings (SSSR count). The fraction of sp³-hybridized carbons (Fsp3) is 0.364. The molecule has 0 spiro atoms. The number of ether oxygens (including phenoxy) is 1. The van der Waals surface area contributed by atoms with Gasteiger partial charge in [0, 0.05) is 5.56 Å². The number of esters is 1. The Morgan fingerprint density at radius 3 is 2.42 bits per heavy atom. The molecule has 0 bridgehead atoms. The molecule has 8 heteroatoms. The number of rotatable bonds is 3. The van der Waals surface area contributed by atoms with Crippen LogP contribution >= 0.6 is 0 Å². The smallest absolute Gasteiger partial charge is 0.420 e. The van der Waals surface area contributed by atoms with E-state index in [4.69, 9.17) is 5.11 Å². The van der Waals surface area contributed by atoms with Crippen molar-refractivity contribution in [3.8, 4) is 11.5 Å². The van der Waals surface area contributed by atoms with Crippen LogP contribution in [0.5, 0.6) is 11.5 Å². The lowest BCUT2D eigenvalue weighted by Gasteiger charge is -2.16. The molecular weight excluding hydrogens is 269 g/mol. The highest BCUT2D eigenvalue weighted by Crippen LogP contribution is 2.41. The number of alkyl halides is 3. The van der Waals surface area contributed by atoms with E-state index in [1.54, 1.807) is 0 Å². The Hall–Kier alpha value is -1.96. The minimum atomic E-state index is -4.94. The monoisotopic (exact) mass is 280 g/mol. The molecule has 0 aliphatic rings. The molecule has 0 saturated heterocycles. The van der Waals surface area contributed by atoms with E-state index in [2.05, 4.69) is 4.74 Å². The van der Waals surface area contributed by atoms with Crippen molar-refractivity contribution in [1.29, 1.82) is 0 Å². The molecule has 0 radical (unpaired) electrons. The number of aromatic hydroxyl groups is 2. The van der Waals surface area contributed by atoms with Crippen molar-refractivity contribution in [2.75, 3.05) is 6.61 Å². The van der Waals surface area contributed by atoms with Gasteiger partial charge < -0.3 is 20.1 Å². The Balaban J connectivity index is 3.29. The van der Waals surface area contributed by atoms with Gasteiger partial charge in [-0.25, -0.2) is 4.79 Å². The van der Waals surface area contributed by atoms with E-state index in [1.165, 1.54) is 6.92 Å². The van der Waals surface area contributed by atoms with Crippen LogP contribution < -0.4 is 0 Å². The van der Waals surface area contributed by atoms with Gasteiger partial charge in [-0.2, -0.15) is 13.2 Å². The molecule has 19 heavy (non-hydrogen) atoms. The zero-order valence-corrected chi connectivity index (χ0v) is 9.73. The zero-order chi connectivity index (χ0) is 14.8. The fourth-order valence-corrected chi connectivity index (χ4v) is 1.41. The van der Waals surface area contributed by atoms with Gasteiger partial charge in [-0.3, -0.25) is 0 Å². The fourth-order valence-electron chi connectivity index (χ4n) is 1.41. The van der Waals surface area contributed by atoms with E-state index in [0.717, 1.165) is 0 Å². The summed E-state index contributed by atoms with van der Waals surface area (Å²) in [4.78, 5) is 11.2. The van der Waals surface area contributed by atoms with Crippen molar-refractivity contribution in [2.45, 2.75) is 19.2 Å². The van der Waals surface area contributed by atoms with Crippen LogP contribution in [0.15, 0.2) is 12.1 Å². The number of hydrogen-bond donors (Lipinski definition) is 3. The van der Waals surface area contributed by atoms with Crippen molar-refractivity contribution >= 4 is 5.97 Å². The summed E-state index contributed by atoms with van der Waals surface area (Å²) in [5.74, 6) is -3.40. The molecule has 1 unspecified atom stereocenters. The molecule has 0 aromatic heterocycles. The van der Waals surface area contributed by atoms with Crippen LogP contribution in [0.2, 0.25) is 0 Å². The first-order valence-corrected chi connectivity index (χ1v) is 5.16. The van der Waals surface area contributed by atoms with Gasteiger partial charge in [0.25, 0.3) is 0 Å². The number of phenols is 2. The third-order valence-electron chi connectivity index (χ3n) is 2.23. The molecule has 0 amide bonds. The van der Waals surface area contributed by atoms with Crippen LogP contribution in [0.4, 0.5) is 13.2 Å². The summed E-state index contributed by atoms with van der Waals surface area (Å²) < 4.78 is 42.1. The number of benzene rings is 1. The normalized spacial score (nSPS) is 13.1. The quantitative estimate of drug-likeness (QED) is 0.579. The largest absolute Gasteiger partial charge is 0.508 e. The second-order valence-corrected chi connectivity index (χ2v) is 3.58. The molecule has 3 N–H and O–H groups in total. The zero-order valence-electron chi connectivity index (χ0n) is 9.73. The summed E-state index contributed by atoms with van der Waals surface area (Å²) >= 11 is 0. The van der Waals surface area contributed by atoms with Crippen molar-refractivity contribution in [3.05, 3.63) is 23.3 Å².